The second-order valence-electron chi connectivity index (χ2n) is 2.81. The van der Waals surface area contributed by atoms with Crippen LogP contribution in [0.5, 0.6) is 5.75 Å². The first-order valence-electron chi connectivity index (χ1n) is 4.13. The van der Waals surface area contributed by atoms with Crippen molar-refractivity contribution in [2.75, 3.05) is 0 Å². The Hall–Kier alpha value is -1.05. The lowest BCUT2D eigenvalue weighted by atomic mass is 10.2. The van der Waals surface area contributed by atoms with Crippen LogP contribution in [-0.2, 0) is 6.61 Å². The minimum Gasteiger partial charge on any atom is -0.475 e. The molecule has 1 N–H and O–H groups in total. The summed E-state index contributed by atoms with van der Waals surface area (Å²) in [6.45, 7) is 1.67. The maximum atomic E-state index is 8.87. The van der Waals surface area contributed by atoms with Gasteiger partial charge >= 0.3 is 0 Å². The molecule has 1 unspecified atom stereocenters. The van der Waals surface area contributed by atoms with Crippen LogP contribution in [0.1, 0.15) is 12.5 Å². The summed E-state index contributed by atoms with van der Waals surface area (Å²) in [6, 6.07) is 7.22. The van der Waals surface area contributed by atoms with Crippen LogP contribution in [0.25, 0.3) is 0 Å². The lowest BCUT2D eigenvalue weighted by molar-refractivity contribution is 0.272. The minimum absolute atomic E-state index is 0.00726. The molecule has 14 heavy (non-hydrogen) atoms. The molecule has 0 aliphatic heterocycles. The number of rotatable bonds is 3. The second-order valence-corrected chi connectivity index (χ2v) is 3.67. The molecule has 1 aromatic rings. The number of nitriles is 1. The molecule has 1 rings (SSSR count). The standard InChI is InChI=1S/C10H10BrNO2/c1-7(5-12)14-10-3-2-8(6-13)4-9(10)11/h2-4,7,13H,6H2,1H3. The quantitative estimate of drug-likeness (QED) is 0.902. The summed E-state index contributed by atoms with van der Waals surface area (Å²) in [5.41, 5.74) is 0.800. The Balaban J connectivity index is 2.85. The van der Waals surface area contributed by atoms with Crippen LogP contribution in [0.3, 0.4) is 0 Å². The Morgan fingerprint density at radius 2 is 2.36 bits per heavy atom. The van der Waals surface area contributed by atoms with E-state index in [4.69, 9.17) is 15.1 Å². The summed E-state index contributed by atoms with van der Waals surface area (Å²) in [4.78, 5) is 0. The summed E-state index contributed by atoms with van der Waals surface area (Å²) in [5, 5.41) is 17.4. The first kappa shape index (κ1) is 11.0. The third kappa shape index (κ3) is 2.72. The minimum atomic E-state index is -0.480. The fraction of sp³-hybridized carbons (Fsp3) is 0.300. The highest BCUT2D eigenvalue weighted by molar-refractivity contribution is 9.10. The molecule has 0 radical (unpaired) electrons. The van der Waals surface area contributed by atoms with Gasteiger partial charge in [0, 0.05) is 0 Å². The fourth-order valence-electron chi connectivity index (χ4n) is 0.955. The van der Waals surface area contributed by atoms with Crippen molar-refractivity contribution in [3.8, 4) is 11.8 Å². The molecule has 0 saturated heterocycles. The Bertz CT molecular complexity index is 360. The van der Waals surface area contributed by atoms with Crippen molar-refractivity contribution in [1.29, 1.82) is 5.26 Å². The number of benzene rings is 1. The smallest absolute Gasteiger partial charge is 0.181 e. The van der Waals surface area contributed by atoms with E-state index in [1.54, 1.807) is 25.1 Å². The van der Waals surface area contributed by atoms with Crippen molar-refractivity contribution >= 4 is 15.9 Å². The highest BCUT2D eigenvalue weighted by Gasteiger charge is 2.06. The first-order chi connectivity index (χ1) is 6.67. The van der Waals surface area contributed by atoms with Gasteiger partial charge in [-0.2, -0.15) is 5.26 Å². The Morgan fingerprint density at radius 3 is 2.86 bits per heavy atom. The molecule has 0 aromatic heterocycles. The van der Waals surface area contributed by atoms with Crippen LogP contribution in [0.4, 0.5) is 0 Å². The van der Waals surface area contributed by atoms with Gasteiger partial charge in [0.2, 0.25) is 0 Å². The van der Waals surface area contributed by atoms with Gasteiger partial charge in [-0.15, -0.1) is 0 Å². The van der Waals surface area contributed by atoms with Crippen molar-refractivity contribution in [1.82, 2.24) is 0 Å². The van der Waals surface area contributed by atoms with E-state index in [1.165, 1.54) is 0 Å². The molecule has 1 atom stereocenters. The lowest BCUT2D eigenvalue weighted by Gasteiger charge is -2.10. The van der Waals surface area contributed by atoms with E-state index in [-0.39, 0.29) is 6.61 Å². The highest BCUT2D eigenvalue weighted by Crippen LogP contribution is 2.26. The van der Waals surface area contributed by atoms with Crippen LogP contribution in [0, 0.1) is 11.3 Å². The van der Waals surface area contributed by atoms with Gasteiger partial charge in [0.25, 0.3) is 0 Å². The largest absolute Gasteiger partial charge is 0.475 e. The van der Waals surface area contributed by atoms with E-state index in [9.17, 15) is 0 Å². The lowest BCUT2D eigenvalue weighted by Crippen LogP contribution is -2.08. The van der Waals surface area contributed by atoms with Gasteiger partial charge in [-0.25, -0.2) is 0 Å². The van der Waals surface area contributed by atoms with Crippen molar-refractivity contribution in [3.05, 3.63) is 28.2 Å². The normalized spacial score (nSPS) is 11.9. The fourth-order valence-corrected chi connectivity index (χ4v) is 1.47. The molecule has 0 spiro atoms. The molecule has 0 heterocycles. The van der Waals surface area contributed by atoms with E-state index in [0.717, 1.165) is 10.0 Å². The van der Waals surface area contributed by atoms with E-state index in [2.05, 4.69) is 15.9 Å². The van der Waals surface area contributed by atoms with Gasteiger partial charge in [-0.3, -0.25) is 0 Å². The van der Waals surface area contributed by atoms with Crippen molar-refractivity contribution in [3.63, 3.8) is 0 Å². The van der Waals surface area contributed by atoms with E-state index in [1.807, 2.05) is 6.07 Å². The van der Waals surface area contributed by atoms with Gasteiger partial charge in [-0.1, -0.05) is 6.07 Å². The number of halogens is 1. The number of nitrogens with zero attached hydrogens (tertiary/aromatic N) is 1. The monoisotopic (exact) mass is 255 g/mol. The van der Waals surface area contributed by atoms with E-state index < -0.39 is 6.10 Å². The molecule has 3 nitrogen and oxygen atoms in total. The van der Waals surface area contributed by atoms with E-state index >= 15 is 0 Å². The number of ether oxygens (including phenoxy) is 1. The molecule has 74 valence electrons. The molecular formula is C10H10BrNO2. The SMILES string of the molecule is CC(C#N)Oc1ccc(CO)cc1Br. The first-order valence-corrected chi connectivity index (χ1v) is 4.92. The number of hydrogen-bond acceptors (Lipinski definition) is 3. The predicted octanol–water partition coefficient (Wildman–Crippen LogP) is 2.23. The summed E-state index contributed by atoms with van der Waals surface area (Å²) < 4.78 is 6.05. The molecule has 0 aliphatic rings. The van der Waals surface area contributed by atoms with E-state index in [0.29, 0.717) is 5.75 Å². The van der Waals surface area contributed by atoms with Crippen LogP contribution in [0.15, 0.2) is 22.7 Å². The van der Waals surface area contributed by atoms with Gasteiger partial charge in [0.15, 0.2) is 6.10 Å². The van der Waals surface area contributed by atoms with Gasteiger partial charge in [0.05, 0.1) is 11.1 Å². The molecule has 0 bridgehead atoms. The zero-order valence-electron chi connectivity index (χ0n) is 7.70. The Morgan fingerprint density at radius 1 is 1.64 bits per heavy atom. The molecule has 1 aromatic carbocycles. The highest BCUT2D eigenvalue weighted by atomic mass is 79.9. The Kier molecular flexibility index (Phi) is 3.93. The second kappa shape index (κ2) is 4.99. The zero-order chi connectivity index (χ0) is 10.6. The molecule has 0 fully saturated rings. The summed E-state index contributed by atoms with van der Waals surface area (Å²) in [7, 11) is 0. The van der Waals surface area contributed by atoms with Gasteiger partial charge < -0.3 is 9.84 Å². The van der Waals surface area contributed by atoms with Crippen LogP contribution >= 0.6 is 15.9 Å². The summed E-state index contributed by atoms with van der Waals surface area (Å²) in [6.07, 6.45) is -0.480. The zero-order valence-corrected chi connectivity index (χ0v) is 9.28. The molecule has 0 saturated carbocycles. The van der Waals surface area contributed by atoms with Crippen LogP contribution in [-0.4, -0.2) is 11.2 Å². The third-order valence-electron chi connectivity index (χ3n) is 1.66. The topological polar surface area (TPSA) is 53.2 Å². The maximum Gasteiger partial charge on any atom is 0.181 e. The van der Waals surface area contributed by atoms with Crippen LogP contribution < -0.4 is 4.74 Å². The molecule has 0 aliphatic carbocycles. The van der Waals surface area contributed by atoms with Crippen molar-refractivity contribution < 1.29 is 9.84 Å². The number of aliphatic hydroxyl groups excluding tert-OH is 1. The summed E-state index contributed by atoms with van der Waals surface area (Å²) in [5.74, 6) is 0.608. The molecule has 0 amide bonds. The van der Waals surface area contributed by atoms with Crippen LogP contribution in [0.2, 0.25) is 0 Å². The maximum absolute atomic E-state index is 8.87. The summed E-state index contributed by atoms with van der Waals surface area (Å²) >= 11 is 3.30. The average Bonchev–Trinajstić information content (AvgIpc) is 2.20. The molecular weight excluding hydrogens is 246 g/mol. The van der Waals surface area contributed by atoms with Crippen molar-refractivity contribution in [2.45, 2.75) is 19.6 Å². The number of aliphatic hydroxyl groups is 1. The predicted molar refractivity (Wildman–Crippen MR) is 55.8 cm³/mol. The third-order valence-corrected chi connectivity index (χ3v) is 2.28. The van der Waals surface area contributed by atoms with Gasteiger partial charge in [0.1, 0.15) is 11.8 Å². The van der Waals surface area contributed by atoms with Gasteiger partial charge in [-0.05, 0) is 40.5 Å². The average molecular weight is 256 g/mol. The molecule has 4 heteroatoms. The number of hydrogen-bond donors (Lipinski definition) is 1. The Labute approximate surface area is 91.1 Å². The van der Waals surface area contributed by atoms with Crippen molar-refractivity contribution in [2.24, 2.45) is 0 Å².